The number of halogens is 1. The lowest BCUT2D eigenvalue weighted by atomic mass is 10.1. The van der Waals surface area contributed by atoms with E-state index in [1.165, 1.54) is 12.1 Å². The van der Waals surface area contributed by atoms with Gasteiger partial charge in [0.1, 0.15) is 17.3 Å². The van der Waals surface area contributed by atoms with Crippen LogP contribution in [0.4, 0.5) is 4.39 Å². The SMILES string of the molecule is O=P(O)(O)CCCNCc1ccc(OCCCCc2ccc(F)cc2)c(-c2ccco2)c1. The first-order chi connectivity index (χ1) is 15.4. The van der Waals surface area contributed by atoms with E-state index in [2.05, 4.69) is 5.32 Å². The van der Waals surface area contributed by atoms with Gasteiger partial charge >= 0.3 is 7.60 Å². The number of hydrogen-bond donors (Lipinski definition) is 3. The zero-order valence-corrected chi connectivity index (χ0v) is 18.8. The maximum Gasteiger partial charge on any atom is 0.325 e. The highest BCUT2D eigenvalue weighted by atomic mass is 31.2. The monoisotopic (exact) mass is 461 g/mol. The number of aryl methyl sites for hydroxylation is 1. The molecule has 32 heavy (non-hydrogen) atoms. The molecule has 0 saturated heterocycles. The lowest BCUT2D eigenvalue weighted by molar-refractivity contribution is 0.307. The van der Waals surface area contributed by atoms with Gasteiger partial charge in [-0.3, -0.25) is 4.57 Å². The maximum absolute atomic E-state index is 13.0. The summed E-state index contributed by atoms with van der Waals surface area (Å²) in [6.07, 6.45) is 4.60. The van der Waals surface area contributed by atoms with Gasteiger partial charge in [-0.1, -0.05) is 18.2 Å². The van der Waals surface area contributed by atoms with E-state index in [0.29, 0.717) is 26.1 Å². The second-order valence-electron chi connectivity index (χ2n) is 7.66. The Morgan fingerprint density at radius 3 is 2.50 bits per heavy atom. The van der Waals surface area contributed by atoms with Crippen LogP contribution in [0, 0.1) is 5.82 Å². The molecule has 0 aliphatic carbocycles. The van der Waals surface area contributed by atoms with Gasteiger partial charge < -0.3 is 24.3 Å². The molecular weight excluding hydrogens is 432 g/mol. The summed E-state index contributed by atoms with van der Waals surface area (Å²) in [5.74, 6) is 1.24. The molecule has 0 aliphatic heterocycles. The number of benzene rings is 2. The summed E-state index contributed by atoms with van der Waals surface area (Å²) >= 11 is 0. The molecule has 0 radical (unpaired) electrons. The Hall–Kier alpha value is -2.44. The number of hydrogen-bond acceptors (Lipinski definition) is 4. The molecule has 3 rings (SSSR count). The summed E-state index contributed by atoms with van der Waals surface area (Å²) in [5.41, 5.74) is 3.00. The van der Waals surface area contributed by atoms with Gasteiger partial charge in [0, 0.05) is 6.54 Å². The fraction of sp³-hybridized carbons (Fsp3) is 0.333. The van der Waals surface area contributed by atoms with Crippen LogP contribution in [0.15, 0.2) is 65.3 Å². The molecule has 172 valence electrons. The van der Waals surface area contributed by atoms with Gasteiger partial charge in [-0.25, -0.2) is 4.39 Å². The highest BCUT2D eigenvalue weighted by Gasteiger charge is 2.12. The number of rotatable bonds is 13. The van der Waals surface area contributed by atoms with Crippen molar-refractivity contribution in [1.82, 2.24) is 5.32 Å². The Labute approximate surface area is 187 Å². The zero-order valence-electron chi connectivity index (χ0n) is 17.9. The second-order valence-corrected chi connectivity index (χ2v) is 9.44. The van der Waals surface area contributed by atoms with Crippen molar-refractivity contribution >= 4 is 7.60 Å². The van der Waals surface area contributed by atoms with E-state index < -0.39 is 7.60 Å². The largest absolute Gasteiger partial charge is 0.493 e. The highest BCUT2D eigenvalue weighted by Crippen LogP contribution is 2.34. The van der Waals surface area contributed by atoms with Crippen molar-refractivity contribution in [3.63, 3.8) is 0 Å². The fourth-order valence-corrected chi connectivity index (χ4v) is 3.91. The lowest BCUT2D eigenvalue weighted by Gasteiger charge is -2.13. The molecule has 0 amide bonds. The first-order valence-corrected chi connectivity index (χ1v) is 12.5. The zero-order chi connectivity index (χ0) is 22.8. The summed E-state index contributed by atoms with van der Waals surface area (Å²) < 4.78 is 35.5. The molecule has 0 saturated carbocycles. The average Bonchev–Trinajstić information content (AvgIpc) is 3.29. The quantitative estimate of drug-likeness (QED) is 0.241. The van der Waals surface area contributed by atoms with Gasteiger partial charge in [0.2, 0.25) is 0 Å². The van der Waals surface area contributed by atoms with Crippen molar-refractivity contribution < 1.29 is 27.9 Å². The Bertz CT molecular complexity index is 1000. The van der Waals surface area contributed by atoms with Crippen LogP contribution in [-0.4, -0.2) is 29.1 Å². The fourth-order valence-electron chi connectivity index (χ4n) is 3.34. The van der Waals surface area contributed by atoms with E-state index in [4.69, 9.17) is 18.9 Å². The van der Waals surface area contributed by atoms with Crippen LogP contribution in [0.25, 0.3) is 11.3 Å². The first-order valence-electron chi connectivity index (χ1n) is 10.7. The van der Waals surface area contributed by atoms with E-state index in [-0.39, 0.29) is 12.0 Å². The Kier molecular flexibility index (Phi) is 9.06. The number of furan rings is 1. The van der Waals surface area contributed by atoms with Crippen LogP contribution < -0.4 is 10.1 Å². The van der Waals surface area contributed by atoms with Crippen molar-refractivity contribution in [1.29, 1.82) is 0 Å². The van der Waals surface area contributed by atoms with Gasteiger partial charge in [0.05, 0.1) is 24.6 Å². The van der Waals surface area contributed by atoms with Crippen LogP contribution in [0.2, 0.25) is 0 Å². The first kappa shape index (κ1) is 24.2. The van der Waals surface area contributed by atoms with Crippen molar-refractivity contribution in [3.05, 3.63) is 77.8 Å². The summed E-state index contributed by atoms with van der Waals surface area (Å²) in [6.45, 7) is 1.66. The Morgan fingerprint density at radius 2 is 1.78 bits per heavy atom. The molecule has 8 heteroatoms. The third kappa shape index (κ3) is 8.24. The number of unbranched alkanes of at least 4 members (excludes halogenated alkanes) is 1. The molecule has 1 aromatic heterocycles. The normalized spacial score (nSPS) is 11.6. The van der Waals surface area contributed by atoms with Crippen LogP contribution in [-0.2, 0) is 17.5 Å². The van der Waals surface area contributed by atoms with E-state index in [1.54, 1.807) is 6.26 Å². The smallest absolute Gasteiger partial charge is 0.325 e. The van der Waals surface area contributed by atoms with E-state index in [1.807, 2.05) is 42.5 Å². The van der Waals surface area contributed by atoms with Gasteiger partial charge in [-0.2, -0.15) is 0 Å². The molecular formula is C24H29FNO5P. The van der Waals surface area contributed by atoms with E-state index in [0.717, 1.165) is 47.5 Å². The molecule has 0 aliphatic rings. The van der Waals surface area contributed by atoms with Gasteiger partial charge in [0.15, 0.2) is 0 Å². The van der Waals surface area contributed by atoms with Gasteiger partial charge in [-0.15, -0.1) is 0 Å². The van der Waals surface area contributed by atoms with Gasteiger partial charge in [-0.05, 0) is 79.8 Å². The summed E-state index contributed by atoms with van der Waals surface area (Å²) in [4.78, 5) is 17.8. The number of nitrogens with one attached hydrogen (secondary N) is 1. The third-order valence-electron chi connectivity index (χ3n) is 4.99. The Balaban J connectivity index is 1.51. The molecule has 1 heterocycles. The molecule has 3 aromatic rings. The van der Waals surface area contributed by atoms with Crippen molar-refractivity contribution in [2.75, 3.05) is 19.3 Å². The standard InChI is InChI=1S/C24H29FNO5P/c25-21-10-7-19(8-11-21)5-1-2-14-30-24-12-9-20(17-22(24)23-6-3-15-31-23)18-26-13-4-16-32(27,28)29/h3,6-12,15,17,26H,1-2,4-5,13-14,16,18H2,(H2,27,28,29). The molecule has 3 N–H and O–H groups in total. The maximum atomic E-state index is 13.0. The van der Waals surface area contributed by atoms with E-state index >= 15 is 0 Å². The van der Waals surface area contributed by atoms with Gasteiger partial charge in [0.25, 0.3) is 0 Å². The van der Waals surface area contributed by atoms with Crippen molar-refractivity contribution in [3.8, 4) is 17.1 Å². The molecule has 0 fully saturated rings. The van der Waals surface area contributed by atoms with E-state index in [9.17, 15) is 8.96 Å². The predicted octanol–water partition coefficient (Wildman–Crippen LogP) is 5.14. The summed E-state index contributed by atoms with van der Waals surface area (Å²) in [7, 11) is -3.94. The Morgan fingerprint density at radius 1 is 1.00 bits per heavy atom. The topological polar surface area (TPSA) is 91.9 Å². The van der Waals surface area contributed by atoms with Crippen LogP contribution in [0.1, 0.15) is 30.4 Å². The highest BCUT2D eigenvalue weighted by molar-refractivity contribution is 7.51. The van der Waals surface area contributed by atoms with Crippen molar-refractivity contribution in [2.24, 2.45) is 0 Å². The van der Waals surface area contributed by atoms with Crippen LogP contribution >= 0.6 is 7.60 Å². The summed E-state index contributed by atoms with van der Waals surface area (Å²) in [5, 5.41) is 3.21. The minimum Gasteiger partial charge on any atom is -0.493 e. The van der Waals surface area contributed by atoms with Crippen LogP contribution in [0.5, 0.6) is 5.75 Å². The lowest BCUT2D eigenvalue weighted by Crippen LogP contribution is -2.16. The number of ether oxygens (including phenoxy) is 1. The second kappa shape index (κ2) is 12.0. The third-order valence-corrected chi connectivity index (χ3v) is 5.89. The molecule has 0 unspecified atom stereocenters. The molecule has 0 bridgehead atoms. The minimum absolute atomic E-state index is 0.119. The summed E-state index contributed by atoms with van der Waals surface area (Å²) in [6, 6.07) is 16.2. The molecule has 2 aromatic carbocycles. The predicted molar refractivity (Wildman–Crippen MR) is 122 cm³/mol. The molecule has 0 atom stereocenters. The average molecular weight is 461 g/mol. The molecule has 6 nitrogen and oxygen atoms in total. The molecule has 0 spiro atoms. The minimum atomic E-state index is -3.94. The van der Waals surface area contributed by atoms with Crippen LogP contribution in [0.3, 0.4) is 0 Å². The van der Waals surface area contributed by atoms with Crippen molar-refractivity contribution in [2.45, 2.75) is 32.2 Å².